The monoisotopic (exact) mass is 626 g/mol. The van der Waals surface area contributed by atoms with E-state index >= 15 is 0 Å². The average Bonchev–Trinajstić information content (AvgIpc) is 3.85. The van der Waals surface area contributed by atoms with E-state index in [4.69, 9.17) is 14.5 Å². The van der Waals surface area contributed by atoms with Crippen LogP contribution in [0.2, 0.25) is 0 Å². The summed E-state index contributed by atoms with van der Waals surface area (Å²) in [7, 11) is -3.31. The number of pyridine rings is 1. The SMILES string of the molecule is CS(=O)(=O)NC1CCCC[C@@H]1c1cnc(C2OC2N2CCNCC2CCOc2ccc3ccccc3c2)c(-c2ccccc2)c1. The highest BCUT2D eigenvalue weighted by atomic mass is 32.2. The molecule has 1 aliphatic carbocycles. The van der Waals surface area contributed by atoms with Crippen LogP contribution in [0.1, 0.15) is 55.4 Å². The standard InChI is InChI=1S/C36H42N4O4S/c1-45(41,42)39-33-14-8-7-13-31(33)28-22-32(26-10-3-2-4-11-26)34(38-23-28)35-36(44-35)40-19-18-37-24-29(40)17-20-43-30-16-15-25-9-5-6-12-27(25)21-30/h2-6,9-12,15-16,21-23,29,31,33,35-37,39H,7-8,13-14,17-20,24H2,1H3/t29?,31-,33?,35?,36?/m1/s1. The quantitative estimate of drug-likeness (QED) is 0.221. The smallest absolute Gasteiger partial charge is 0.208 e. The Hall–Kier alpha value is -3.34. The normalized spacial score (nSPS) is 25.7. The number of benzene rings is 3. The van der Waals surface area contributed by atoms with Gasteiger partial charge in [0, 0.05) is 49.4 Å². The molecule has 2 N–H and O–H groups in total. The summed E-state index contributed by atoms with van der Waals surface area (Å²) in [5.74, 6) is 0.988. The van der Waals surface area contributed by atoms with Crippen LogP contribution in [0.15, 0.2) is 85.1 Å². The molecule has 4 unspecified atom stereocenters. The zero-order chi connectivity index (χ0) is 30.8. The minimum absolute atomic E-state index is 0.0343. The highest BCUT2D eigenvalue weighted by molar-refractivity contribution is 7.88. The number of piperazine rings is 1. The predicted molar refractivity (Wildman–Crippen MR) is 178 cm³/mol. The van der Waals surface area contributed by atoms with Crippen molar-refractivity contribution >= 4 is 20.8 Å². The zero-order valence-electron chi connectivity index (χ0n) is 25.8. The van der Waals surface area contributed by atoms with Crippen LogP contribution >= 0.6 is 0 Å². The molecule has 236 valence electrons. The first-order chi connectivity index (χ1) is 21.9. The van der Waals surface area contributed by atoms with Crippen LogP contribution in [0.25, 0.3) is 21.9 Å². The number of aromatic nitrogens is 1. The molecule has 2 saturated heterocycles. The minimum Gasteiger partial charge on any atom is -0.494 e. The molecule has 0 radical (unpaired) electrons. The maximum absolute atomic E-state index is 12.2. The number of nitrogens with one attached hydrogen (secondary N) is 2. The summed E-state index contributed by atoms with van der Waals surface area (Å²) in [5, 5.41) is 5.96. The molecule has 3 aromatic carbocycles. The first kappa shape index (κ1) is 30.3. The molecule has 2 aliphatic heterocycles. The van der Waals surface area contributed by atoms with Gasteiger partial charge in [0.15, 0.2) is 0 Å². The van der Waals surface area contributed by atoms with Crippen molar-refractivity contribution in [1.29, 1.82) is 0 Å². The number of rotatable bonds is 10. The Labute approximate surface area is 266 Å². The Balaban J connectivity index is 1.08. The molecule has 9 heteroatoms. The van der Waals surface area contributed by atoms with E-state index in [0.717, 1.165) is 79.9 Å². The van der Waals surface area contributed by atoms with Gasteiger partial charge in [0.25, 0.3) is 0 Å². The Morgan fingerprint density at radius 1 is 1.00 bits per heavy atom. The third kappa shape index (κ3) is 7.08. The van der Waals surface area contributed by atoms with Crippen molar-refractivity contribution in [3.05, 3.63) is 96.3 Å². The number of ether oxygens (including phenoxy) is 2. The Kier molecular flexibility index (Phi) is 8.88. The van der Waals surface area contributed by atoms with Crippen molar-refractivity contribution in [3.63, 3.8) is 0 Å². The molecule has 3 aliphatic rings. The molecule has 5 atom stereocenters. The van der Waals surface area contributed by atoms with Crippen LogP contribution in [-0.2, 0) is 14.8 Å². The summed E-state index contributed by atoms with van der Waals surface area (Å²) in [6.07, 6.45) is 7.83. The molecule has 3 fully saturated rings. The van der Waals surface area contributed by atoms with E-state index in [9.17, 15) is 8.42 Å². The van der Waals surface area contributed by atoms with E-state index < -0.39 is 10.0 Å². The second-order valence-corrected chi connectivity index (χ2v) is 14.4. The molecule has 7 rings (SSSR count). The molecule has 0 amide bonds. The summed E-state index contributed by atoms with van der Waals surface area (Å²) in [5.41, 5.74) is 4.19. The van der Waals surface area contributed by atoms with Crippen molar-refractivity contribution in [2.45, 2.75) is 62.4 Å². The highest BCUT2D eigenvalue weighted by Crippen LogP contribution is 2.46. The maximum Gasteiger partial charge on any atom is 0.208 e. The van der Waals surface area contributed by atoms with Gasteiger partial charge in [-0.05, 0) is 59.4 Å². The van der Waals surface area contributed by atoms with Gasteiger partial charge >= 0.3 is 0 Å². The second-order valence-electron chi connectivity index (χ2n) is 12.6. The number of nitrogens with zero attached hydrogens (tertiary/aromatic N) is 2. The van der Waals surface area contributed by atoms with Gasteiger partial charge in [-0.2, -0.15) is 0 Å². The van der Waals surface area contributed by atoms with Gasteiger partial charge in [-0.25, -0.2) is 13.1 Å². The third-order valence-electron chi connectivity index (χ3n) is 9.49. The second kappa shape index (κ2) is 13.2. The van der Waals surface area contributed by atoms with Crippen LogP contribution in [0.4, 0.5) is 0 Å². The number of sulfonamides is 1. The fourth-order valence-electron chi connectivity index (χ4n) is 7.22. The van der Waals surface area contributed by atoms with Crippen LogP contribution in [0, 0.1) is 0 Å². The predicted octanol–water partition coefficient (Wildman–Crippen LogP) is 5.62. The fourth-order valence-corrected chi connectivity index (χ4v) is 8.05. The summed E-state index contributed by atoms with van der Waals surface area (Å²) in [6.45, 7) is 3.34. The van der Waals surface area contributed by atoms with Crippen LogP contribution in [0.5, 0.6) is 5.75 Å². The Bertz CT molecular complexity index is 1730. The largest absolute Gasteiger partial charge is 0.494 e. The lowest BCUT2D eigenvalue weighted by Gasteiger charge is -2.35. The molecular formula is C36H42N4O4S. The van der Waals surface area contributed by atoms with E-state index in [1.807, 2.05) is 30.5 Å². The number of hydrogen-bond acceptors (Lipinski definition) is 7. The lowest BCUT2D eigenvalue weighted by Crippen LogP contribution is -2.53. The maximum atomic E-state index is 12.2. The van der Waals surface area contributed by atoms with Gasteiger partial charge in [-0.3, -0.25) is 9.88 Å². The molecule has 45 heavy (non-hydrogen) atoms. The summed E-state index contributed by atoms with van der Waals surface area (Å²) < 4.78 is 39.8. The van der Waals surface area contributed by atoms with Gasteiger partial charge in [0.05, 0.1) is 18.6 Å². The molecule has 0 bridgehead atoms. The van der Waals surface area contributed by atoms with Crippen molar-refractivity contribution < 1.29 is 17.9 Å². The molecule has 1 aromatic heterocycles. The zero-order valence-corrected chi connectivity index (χ0v) is 26.6. The van der Waals surface area contributed by atoms with Crippen molar-refractivity contribution in [2.24, 2.45) is 0 Å². The molecular weight excluding hydrogens is 584 g/mol. The molecule has 8 nitrogen and oxygen atoms in total. The summed E-state index contributed by atoms with van der Waals surface area (Å²) in [6, 6.07) is 27.4. The summed E-state index contributed by atoms with van der Waals surface area (Å²) >= 11 is 0. The molecule has 1 saturated carbocycles. The number of epoxide rings is 1. The van der Waals surface area contributed by atoms with Gasteiger partial charge < -0.3 is 14.8 Å². The Morgan fingerprint density at radius 3 is 2.64 bits per heavy atom. The first-order valence-electron chi connectivity index (χ1n) is 16.2. The van der Waals surface area contributed by atoms with E-state index in [2.05, 4.69) is 69.5 Å². The van der Waals surface area contributed by atoms with E-state index in [1.165, 1.54) is 17.0 Å². The number of fused-ring (bicyclic) bond motifs is 1. The minimum atomic E-state index is -3.31. The van der Waals surface area contributed by atoms with Crippen molar-refractivity contribution in [2.75, 3.05) is 32.5 Å². The molecule has 4 aromatic rings. The van der Waals surface area contributed by atoms with E-state index in [-0.39, 0.29) is 24.3 Å². The Morgan fingerprint density at radius 2 is 1.80 bits per heavy atom. The van der Waals surface area contributed by atoms with Crippen molar-refractivity contribution in [1.82, 2.24) is 19.9 Å². The van der Waals surface area contributed by atoms with Crippen LogP contribution in [0.3, 0.4) is 0 Å². The third-order valence-corrected chi connectivity index (χ3v) is 10.2. The highest BCUT2D eigenvalue weighted by Gasteiger charge is 2.49. The lowest BCUT2D eigenvalue weighted by molar-refractivity contribution is 0.0839. The summed E-state index contributed by atoms with van der Waals surface area (Å²) in [4.78, 5) is 7.53. The first-order valence-corrected chi connectivity index (χ1v) is 18.1. The van der Waals surface area contributed by atoms with E-state index in [0.29, 0.717) is 12.6 Å². The lowest BCUT2D eigenvalue weighted by atomic mass is 9.80. The molecule has 0 spiro atoms. The van der Waals surface area contributed by atoms with Crippen molar-refractivity contribution in [3.8, 4) is 16.9 Å². The van der Waals surface area contributed by atoms with Gasteiger partial charge in [0.2, 0.25) is 10.0 Å². The topological polar surface area (TPSA) is 96.1 Å². The van der Waals surface area contributed by atoms with Gasteiger partial charge in [-0.15, -0.1) is 0 Å². The molecule has 3 heterocycles. The van der Waals surface area contributed by atoms with Crippen LogP contribution < -0.4 is 14.8 Å². The number of hydrogen-bond donors (Lipinski definition) is 2. The van der Waals surface area contributed by atoms with Gasteiger partial charge in [0.1, 0.15) is 18.1 Å². The fraction of sp³-hybridized carbons (Fsp3) is 0.417. The van der Waals surface area contributed by atoms with E-state index in [1.54, 1.807) is 0 Å². The van der Waals surface area contributed by atoms with Gasteiger partial charge in [-0.1, -0.05) is 73.5 Å². The average molecular weight is 627 g/mol. The van der Waals surface area contributed by atoms with Crippen LogP contribution in [-0.4, -0.2) is 69.1 Å².